The van der Waals surface area contributed by atoms with Gasteiger partial charge in [0.25, 0.3) is 0 Å². The van der Waals surface area contributed by atoms with Gasteiger partial charge in [0, 0.05) is 25.7 Å². The molecular weight excluding hydrogens is 439 g/mol. The molecular formula is C20H19ClF3N3O4. The Labute approximate surface area is 180 Å². The topological polar surface area (TPSA) is 82.9 Å². The highest BCUT2D eigenvalue weighted by Gasteiger charge is 2.36. The van der Waals surface area contributed by atoms with Gasteiger partial charge in [0.15, 0.2) is 0 Å². The monoisotopic (exact) mass is 457 g/mol. The third-order valence-corrected chi connectivity index (χ3v) is 5.13. The first-order valence-corrected chi connectivity index (χ1v) is 9.64. The van der Waals surface area contributed by atoms with Gasteiger partial charge >= 0.3 is 6.18 Å². The van der Waals surface area contributed by atoms with E-state index in [1.807, 2.05) is 0 Å². The number of furan rings is 1. The average molecular weight is 458 g/mol. The number of nitrogens with zero attached hydrogens (tertiary/aromatic N) is 2. The second-order valence-corrected chi connectivity index (χ2v) is 7.60. The van der Waals surface area contributed by atoms with E-state index in [0.29, 0.717) is 5.76 Å². The van der Waals surface area contributed by atoms with Gasteiger partial charge in [-0.1, -0.05) is 11.6 Å². The zero-order valence-corrected chi connectivity index (χ0v) is 17.2. The number of anilines is 1. The van der Waals surface area contributed by atoms with Crippen molar-refractivity contribution in [2.24, 2.45) is 5.92 Å². The average Bonchev–Trinajstić information content (AvgIpc) is 3.32. The lowest BCUT2D eigenvalue weighted by Crippen LogP contribution is -2.39. The van der Waals surface area contributed by atoms with Crippen LogP contribution in [0.1, 0.15) is 17.7 Å². The maximum atomic E-state index is 12.9. The van der Waals surface area contributed by atoms with Crippen molar-refractivity contribution in [3.63, 3.8) is 0 Å². The molecule has 7 nitrogen and oxygen atoms in total. The highest BCUT2D eigenvalue weighted by Crippen LogP contribution is 2.36. The van der Waals surface area contributed by atoms with Crippen LogP contribution in [0.5, 0.6) is 0 Å². The Hall–Kier alpha value is -3.01. The molecule has 0 saturated carbocycles. The van der Waals surface area contributed by atoms with Crippen LogP contribution in [0.15, 0.2) is 41.0 Å². The molecule has 3 rings (SSSR count). The van der Waals surface area contributed by atoms with Gasteiger partial charge in [-0.15, -0.1) is 0 Å². The summed E-state index contributed by atoms with van der Waals surface area (Å²) in [5.74, 6) is -1.31. The zero-order chi connectivity index (χ0) is 22.8. The van der Waals surface area contributed by atoms with Crippen molar-refractivity contribution >= 4 is 35.0 Å². The second kappa shape index (κ2) is 9.01. The number of halogens is 4. The smallest absolute Gasteiger partial charge is 0.417 e. The Morgan fingerprint density at radius 1 is 1.32 bits per heavy atom. The van der Waals surface area contributed by atoms with Gasteiger partial charge in [0.1, 0.15) is 5.76 Å². The number of benzene rings is 1. The molecule has 0 spiro atoms. The summed E-state index contributed by atoms with van der Waals surface area (Å²) in [4.78, 5) is 39.7. The van der Waals surface area contributed by atoms with Crippen LogP contribution >= 0.6 is 11.6 Å². The molecule has 0 radical (unpaired) electrons. The Balaban J connectivity index is 1.56. The summed E-state index contributed by atoms with van der Waals surface area (Å²) in [6.45, 7) is 0.0556. The molecule has 166 valence electrons. The number of carbonyl (C=O) groups is 3. The van der Waals surface area contributed by atoms with Crippen LogP contribution in [0.3, 0.4) is 0 Å². The number of alkyl halides is 3. The first kappa shape index (κ1) is 22.7. The van der Waals surface area contributed by atoms with Crippen LogP contribution in [0, 0.1) is 5.92 Å². The van der Waals surface area contributed by atoms with Gasteiger partial charge in [-0.2, -0.15) is 13.2 Å². The fraction of sp³-hybridized carbons (Fsp3) is 0.350. The molecule has 1 aliphatic heterocycles. The number of hydrogen-bond donors (Lipinski definition) is 1. The Kier molecular flexibility index (Phi) is 6.59. The quantitative estimate of drug-likeness (QED) is 0.720. The number of amides is 3. The van der Waals surface area contributed by atoms with Crippen molar-refractivity contribution in [3.8, 4) is 0 Å². The number of likely N-dealkylation sites (N-methyl/N-ethyl adjacent to an activating group) is 1. The lowest BCUT2D eigenvalue weighted by Gasteiger charge is -2.21. The van der Waals surface area contributed by atoms with Crippen LogP contribution in [-0.2, 0) is 27.1 Å². The molecule has 2 aromatic rings. The summed E-state index contributed by atoms with van der Waals surface area (Å²) in [6, 6.07) is 6.42. The molecule has 1 aliphatic rings. The van der Waals surface area contributed by atoms with Crippen LogP contribution in [0.2, 0.25) is 5.02 Å². The van der Waals surface area contributed by atoms with E-state index in [0.717, 1.165) is 17.0 Å². The molecule has 1 aromatic carbocycles. The molecule has 1 atom stereocenters. The molecule has 0 unspecified atom stereocenters. The van der Waals surface area contributed by atoms with Crippen molar-refractivity contribution in [1.82, 2.24) is 9.80 Å². The predicted octanol–water partition coefficient (Wildman–Crippen LogP) is 3.40. The van der Waals surface area contributed by atoms with E-state index >= 15 is 0 Å². The second-order valence-electron chi connectivity index (χ2n) is 7.19. The minimum atomic E-state index is -4.67. The van der Waals surface area contributed by atoms with Gasteiger partial charge in [-0.25, -0.2) is 0 Å². The summed E-state index contributed by atoms with van der Waals surface area (Å²) in [6.07, 6.45) is -3.16. The Morgan fingerprint density at radius 3 is 2.71 bits per heavy atom. The van der Waals surface area contributed by atoms with E-state index in [2.05, 4.69) is 5.32 Å². The van der Waals surface area contributed by atoms with Crippen molar-refractivity contribution in [2.75, 3.05) is 25.5 Å². The number of hydrogen-bond acceptors (Lipinski definition) is 4. The van der Waals surface area contributed by atoms with E-state index in [4.69, 9.17) is 16.0 Å². The Morgan fingerprint density at radius 2 is 2.06 bits per heavy atom. The minimum Gasteiger partial charge on any atom is -0.467 e. The van der Waals surface area contributed by atoms with Crippen molar-refractivity contribution in [2.45, 2.75) is 19.1 Å². The van der Waals surface area contributed by atoms with Gasteiger partial charge in [0.05, 0.1) is 35.9 Å². The Bertz CT molecular complexity index is 979. The molecule has 2 heterocycles. The maximum Gasteiger partial charge on any atom is 0.417 e. The van der Waals surface area contributed by atoms with Crippen molar-refractivity contribution in [3.05, 3.63) is 52.9 Å². The lowest BCUT2D eigenvalue weighted by molar-refractivity contribution is -0.137. The van der Waals surface area contributed by atoms with E-state index in [-0.39, 0.29) is 37.6 Å². The SMILES string of the molecule is CN(CC(=O)Nc1ccc(Cl)c(C(F)(F)F)c1)C(=O)[C@@H]1CC(=O)N(Cc2ccco2)C1. The normalized spacial score (nSPS) is 16.5. The van der Waals surface area contributed by atoms with Gasteiger partial charge in [-0.3, -0.25) is 14.4 Å². The molecule has 1 saturated heterocycles. The summed E-state index contributed by atoms with van der Waals surface area (Å²) >= 11 is 5.56. The van der Waals surface area contributed by atoms with Gasteiger partial charge in [-0.05, 0) is 30.3 Å². The fourth-order valence-electron chi connectivity index (χ4n) is 3.31. The van der Waals surface area contributed by atoms with E-state index in [1.165, 1.54) is 24.3 Å². The molecule has 1 fully saturated rings. The first-order chi connectivity index (χ1) is 14.5. The van der Waals surface area contributed by atoms with Crippen LogP contribution < -0.4 is 5.32 Å². The molecule has 1 N–H and O–H groups in total. The molecule has 1 aromatic heterocycles. The summed E-state index contributed by atoms with van der Waals surface area (Å²) in [7, 11) is 1.39. The summed E-state index contributed by atoms with van der Waals surface area (Å²) in [5.41, 5.74) is -1.17. The molecule has 31 heavy (non-hydrogen) atoms. The lowest BCUT2D eigenvalue weighted by atomic mass is 10.1. The van der Waals surface area contributed by atoms with E-state index in [9.17, 15) is 27.6 Å². The molecule has 0 aliphatic carbocycles. The largest absolute Gasteiger partial charge is 0.467 e. The van der Waals surface area contributed by atoms with Gasteiger partial charge < -0.3 is 19.5 Å². The summed E-state index contributed by atoms with van der Waals surface area (Å²) < 4.78 is 44.1. The number of nitrogens with one attached hydrogen (secondary N) is 1. The predicted molar refractivity (Wildman–Crippen MR) is 105 cm³/mol. The molecule has 11 heteroatoms. The molecule has 3 amide bonds. The zero-order valence-electron chi connectivity index (χ0n) is 16.4. The standard InChI is InChI=1S/C20H19ClF3N3O4/c1-26(11-17(28)25-13-4-5-16(21)15(8-13)20(22,23)24)19(30)12-7-18(29)27(9-12)10-14-3-2-6-31-14/h2-6,8,12H,7,9-11H2,1H3,(H,25,28)/t12-/m1/s1. The minimum absolute atomic E-state index is 0.0115. The first-order valence-electron chi connectivity index (χ1n) is 9.26. The summed E-state index contributed by atoms with van der Waals surface area (Å²) in [5, 5.41) is 1.84. The van der Waals surface area contributed by atoms with Crippen molar-refractivity contribution in [1.29, 1.82) is 0 Å². The van der Waals surface area contributed by atoms with Crippen LogP contribution in [-0.4, -0.2) is 47.7 Å². The maximum absolute atomic E-state index is 12.9. The van der Waals surface area contributed by atoms with Crippen LogP contribution in [0.4, 0.5) is 18.9 Å². The number of carbonyl (C=O) groups excluding carboxylic acids is 3. The van der Waals surface area contributed by atoms with E-state index < -0.39 is 34.5 Å². The molecule has 0 bridgehead atoms. The van der Waals surface area contributed by atoms with E-state index in [1.54, 1.807) is 12.1 Å². The van der Waals surface area contributed by atoms with Crippen molar-refractivity contribution < 1.29 is 32.0 Å². The van der Waals surface area contributed by atoms with Gasteiger partial charge in [0.2, 0.25) is 17.7 Å². The highest BCUT2D eigenvalue weighted by atomic mass is 35.5. The third kappa shape index (κ3) is 5.57. The highest BCUT2D eigenvalue weighted by molar-refractivity contribution is 6.31. The third-order valence-electron chi connectivity index (χ3n) is 4.80. The number of likely N-dealkylation sites (tertiary alicyclic amines) is 1. The number of rotatable bonds is 6. The fourth-order valence-corrected chi connectivity index (χ4v) is 3.53. The van der Waals surface area contributed by atoms with Crippen LogP contribution in [0.25, 0.3) is 0 Å².